The Labute approximate surface area is 168 Å². The topological polar surface area (TPSA) is 67.2 Å². The van der Waals surface area contributed by atoms with Crippen molar-refractivity contribution in [3.8, 4) is 6.07 Å². The monoisotopic (exact) mass is 383 g/mol. The second-order valence-electron chi connectivity index (χ2n) is 10.5. The van der Waals surface area contributed by atoms with Crippen LogP contribution in [0.5, 0.6) is 0 Å². The number of allylic oxidation sites excluding steroid dienone is 1. The Balaban J connectivity index is 1.35. The second-order valence-corrected chi connectivity index (χ2v) is 10.5. The summed E-state index contributed by atoms with van der Waals surface area (Å²) in [4.78, 5) is 27.7. The summed E-state index contributed by atoms with van der Waals surface area (Å²) in [6.07, 6.45) is 7.05. The first-order valence-corrected chi connectivity index (χ1v) is 11.1. The van der Waals surface area contributed by atoms with Crippen molar-refractivity contribution >= 4 is 11.6 Å². The van der Waals surface area contributed by atoms with Crippen molar-refractivity contribution in [2.24, 2.45) is 52.3 Å². The molecule has 1 aromatic rings. The van der Waals surface area contributed by atoms with E-state index in [1.807, 2.05) is 30.3 Å². The van der Waals surface area contributed by atoms with E-state index in [1.54, 1.807) is 0 Å². The summed E-state index contributed by atoms with van der Waals surface area (Å²) in [5.74, 6) is 1.29. The van der Waals surface area contributed by atoms with Gasteiger partial charge in [-0.15, -0.1) is 0 Å². The van der Waals surface area contributed by atoms with Crippen molar-refractivity contribution in [2.45, 2.75) is 31.0 Å². The van der Waals surface area contributed by atoms with Crippen LogP contribution in [0.3, 0.4) is 0 Å². The van der Waals surface area contributed by atoms with Gasteiger partial charge in [-0.25, -0.2) is 0 Å². The molecule has 2 spiro atoms. The summed E-state index contributed by atoms with van der Waals surface area (Å²) in [5, 5.41) is 10.3. The molecule has 4 saturated carbocycles. The number of fused-ring (bicyclic) bond motifs is 7. The second kappa shape index (κ2) is 4.27. The van der Waals surface area contributed by atoms with Gasteiger partial charge < -0.3 is 4.74 Å². The molecule has 144 valence electrons. The van der Waals surface area contributed by atoms with Crippen molar-refractivity contribution in [3.05, 3.63) is 48.0 Å². The maximum absolute atomic E-state index is 14.2. The van der Waals surface area contributed by atoms with Crippen molar-refractivity contribution in [1.82, 2.24) is 0 Å². The van der Waals surface area contributed by atoms with Crippen LogP contribution in [0.15, 0.2) is 42.5 Å². The lowest BCUT2D eigenvalue weighted by Gasteiger charge is -2.74. The summed E-state index contributed by atoms with van der Waals surface area (Å²) in [6.45, 7) is 0. The predicted octanol–water partition coefficient (Wildman–Crippen LogP) is 3.19. The van der Waals surface area contributed by atoms with Gasteiger partial charge in [0.25, 0.3) is 0 Å². The zero-order valence-electron chi connectivity index (χ0n) is 16.0. The van der Waals surface area contributed by atoms with Crippen LogP contribution in [-0.4, -0.2) is 23.3 Å². The molecule has 1 aliphatic heterocycles. The summed E-state index contributed by atoms with van der Waals surface area (Å²) in [7, 11) is 0. The van der Waals surface area contributed by atoms with Crippen molar-refractivity contribution in [3.63, 3.8) is 0 Å². The minimum atomic E-state index is -0.949. The molecule has 1 heterocycles. The molecule has 0 amide bonds. The molecular formula is C25H21NO3. The molecule has 29 heavy (non-hydrogen) atoms. The average molecular weight is 383 g/mol. The normalized spacial score (nSPS) is 58.2. The Kier molecular flexibility index (Phi) is 2.29. The van der Waals surface area contributed by atoms with Gasteiger partial charge in [-0.1, -0.05) is 42.5 Å². The molecule has 5 fully saturated rings. The molecule has 0 unspecified atom stereocenters. The first-order chi connectivity index (χ1) is 14.1. The number of hydrogen-bond donors (Lipinski definition) is 0. The molecule has 0 radical (unpaired) electrons. The van der Waals surface area contributed by atoms with Crippen LogP contribution < -0.4 is 0 Å². The number of ether oxygens (including phenoxy) is 1. The number of nitrogens with zero attached hydrogens (tertiary/aromatic N) is 1. The average Bonchev–Trinajstić information content (AvgIpc) is 3.05. The van der Waals surface area contributed by atoms with Crippen LogP contribution in [0, 0.1) is 63.6 Å². The maximum Gasteiger partial charge on any atom is 0.166 e. The molecule has 0 N–H and O–H groups in total. The highest BCUT2D eigenvalue weighted by atomic mass is 16.5. The molecule has 7 aliphatic rings. The van der Waals surface area contributed by atoms with Crippen LogP contribution in [0.4, 0.5) is 0 Å². The van der Waals surface area contributed by atoms with Crippen LogP contribution in [0.25, 0.3) is 0 Å². The van der Waals surface area contributed by atoms with Crippen LogP contribution >= 0.6 is 0 Å². The molecule has 11 atom stereocenters. The summed E-state index contributed by atoms with van der Waals surface area (Å²) in [5.41, 5.74) is -1.27. The third-order valence-electron chi connectivity index (χ3n) is 10.4. The molecule has 1 saturated heterocycles. The van der Waals surface area contributed by atoms with Gasteiger partial charge in [0.05, 0.1) is 23.2 Å². The standard InChI is InChI=1S/C25H21NO3/c26-11-23-17-9-7-14-18-19(17)24(22(23)28)16-8-6-13(25(18,24)29-21(14)23)10-15(16)20(27)12-4-2-1-3-5-12/h1-6,8,13-19,21H,7,9-10H2/t13-,14-,15+,16+,17+,18-,19+,21+,23-,24-,25-/m1/s1. The number of carbonyl (C=O) groups excluding carboxylic acids is 2. The van der Waals surface area contributed by atoms with E-state index < -0.39 is 16.4 Å². The largest absolute Gasteiger partial charge is 0.367 e. The van der Waals surface area contributed by atoms with E-state index in [1.165, 1.54) is 0 Å². The van der Waals surface area contributed by atoms with Gasteiger partial charge in [0.1, 0.15) is 5.41 Å². The Morgan fingerprint density at radius 1 is 1.14 bits per heavy atom. The molecule has 1 aromatic carbocycles. The third kappa shape index (κ3) is 1.14. The summed E-state index contributed by atoms with van der Waals surface area (Å²) >= 11 is 0. The minimum Gasteiger partial charge on any atom is -0.367 e. The van der Waals surface area contributed by atoms with E-state index in [0.717, 1.165) is 24.8 Å². The van der Waals surface area contributed by atoms with Crippen molar-refractivity contribution in [2.75, 3.05) is 0 Å². The highest BCUT2D eigenvalue weighted by molar-refractivity contribution is 6.05. The maximum atomic E-state index is 14.2. The number of hydrogen-bond acceptors (Lipinski definition) is 4. The number of ketones is 2. The van der Waals surface area contributed by atoms with Gasteiger partial charge in [-0.3, -0.25) is 9.59 Å². The zero-order valence-corrected chi connectivity index (χ0v) is 16.0. The first-order valence-electron chi connectivity index (χ1n) is 11.1. The molecular weight excluding hydrogens is 362 g/mol. The van der Waals surface area contributed by atoms with E-state index in [9.17, 15) is 14.9 Å². The smallest absolute Gasteiger partial charge is 0.166 e. The lowest BCUT2D eigenvalue weighted by Crippen LogP contribution is -2.81. The first kappa shape index (κ1) is 15.6. The number of benzene rings is 1. The van der Waals surface area contributed by atoms with Crippen molar-refractivity contribution < 1.29 is 14.3 Å². The fourth-order valence-electron chi connectivity index (χ4n) is 10.0. The summed E-state index contributed by atoms with van der Waals surface area (Å²) in [6, 6.07) is 12.0. The van der Waals surface area contributed by atoms with Gasteiger partial charge in [-0.05, 0) is 42.9 Å². The van der Waals surface area contributed by atoms with E-state index >= 15 is 0 Å². The lowest BCUT2D eigenvalue weighted by atomic mass is 9.29. The van der Waals surface area contributed by atoms with Gasteiger partial charge in [0, 0.05) is 23.3 Å². The van der Waals surface area contributed by atoms with Gasteiger partial charge in [0.2, 0.25) is 0 Å². The van der Waals surface area contributed by atoms with Gasteiger partial charge in [-0.2, -0.15) is 5.26 Å². The lowest BCUT2D eigenvalue weighted by molar-refractivity contribution is -0.302. The fraction of sp³-hybridized carbons (Fsp3) is 0.560. The van der Waals surface area contributed by atoms with Crippen LogP contribution in [0.2, 0.25) is 0 Å². The predicted molar refractivity (Wildman–Crippen MR) is 101 cm³/mol. The molecule has 6 aliphatic carbocycles. The molecule has 0 aromatic heterocycles. The van der Waals surface area contributed by atoms with Gasteiger partial charge in [0.15, 0.2) is 11.6 Å². The van der Waals surface area contributed by atoms with E-state index in [0.29, 0.717) is 11.8 Å². The Morgan fingerprint density at radius 3 is 2.76 bits per heavy atom. The van der Waals surface area contributed by atoms with E-state index in [4.69, 9.17) is 4.74 Å². The number of carbonyl (C=O) groups is 2. The highest BCUT2D eigenvalue weighted by Gasteiger charge is 2.99. The van der Waals surface area contributed by atoms with Crippen LogP contribution in [0.1, 0.15) is 29.6 Å². The quantitative estimate of drug-likeness (QED) is 0.581. The fourth-order valence-corrected chi connectivity index (χ4v) is 10.0. The molecule has 4 heteroatoms. The Hall–Kier alpha value is -2.25. The van der Waals surface area contributed by atoms with Gasteiger partial charge >= 0.3 is 0 Å². The third-order valence-corrected chi connectivity index (χ3v) is 10.4. The number of nitriles is 1. The van der Waals surface area contributed by atoms with E-state index in [-0.39, 0.29) is 47.3 Å². The molecule has 4 nitrogen and oxygen atoms in total. The van der Waals surface area contributed by atoms with Crippen LogP contribution in [-0.2, 0) is 9.53 Å². The number of Topliss-reactive ketones (excluding diaryl/α,β-unsaturated/α-hetero) is 2. The molecule has 2 bridgehead atoms. The minimum absolute atomic E-state index is 0.121. The van der Waals surface area contributed by atoms with Crippen molar-refractivity contribution in [1.29, 1.82) is 5.26 Å². The molecule has 8 rings (SSSR count). The zero-order chi connectivity index (χ0) is 19.3. The van der Waals surface area contributed by atoms with E-state index in [2.05, 4.69) is 18.2 Å². The Morgan fingerprint density at radius 2 is 1.97 bits per heavy atom. The Bertz CT molecular complexity index is 1100. The summed E-state index contributed by atoms with van der Waals surface area (Å²) < 4.78 is 6.86. The SMILES string of the molecule is N#C[C@@]12C(=O)[C@@]34[C@@H]5[C@H]6[C@@H](CC[C@@H]51)[C@@H]2O[C@]63[C@@H]1C=C[C@H]4[C@@H](C(=O)c2ccccc2)C1. The number of rotatable bonds is 2. The highest BCUT2D eigenvalue weighted by Crippen LogP contribution is 2.92.